The van der Waals surface area contributed by atoms with Crippen molar-refractivity contribution in [1.29, 1.82) is 0 Å². The van der Waals surface area contributed by atoms with E-state index in [0.717, 1.165) is 5.56 Å². The van der Waals surface area contributed by atoms with Crippen molar-refractivity contribution in [2.24, 2.45) is 5.92 Å². The van der Waals surface area contributed by atoms with Crippen molar-refractivity contribution in [3.63, 3.8) is 0 Å². The van der Waals surface area contributed by atoms with Crippen LogP contribution < -0.4 is 16.2 Å². The zero-order chi connectivity index (χ0) is 15.8. The third-order valence-corrected chi connectivity index (χ3v) is 3.19. The number of hydrogen-bond acceptors (Lipinski definition) is 4. The molecule has 0 radical (unpaired) electrons. The Morgan fingerprint density at radius 2 is 1.76 bits per heavy atom. The lowest BCUT2D eigenvalue weighted by atomic mass is 10.0. The highest BCUT2D eigenvalue weighted by molar-refractivity contribution is 5.81. The van der Waals surface area contributed by atoms with Gasteiger partial charge in [-0.1, -0.05) is 44.2 Å². The fourth-order valence-corrected chi connectivity index (χ4v) is 1.94. The van der Waals surface area contributed by atoms with Crippen LogP contribution in [0.4, 0.5) is 0 Å². The van der Waals surface area contributed by atoms with Crippen LogP contribution in [-0.4, -0.2) is 36.1 Å². The molecule has 0 unspecified atom stereocenters. The van der Waals surface area contributed by atoms with E-state index in [1.807, 2.05) is 30.3 Å². The van der Waals surface area contributed by atoms with Gasteiger partial charge in [0.15, 0.2) is 0 Å². The van der Waals surface area contributed by atoms with Crippen LogP contribution in [0.5, 0.6) is 0 Å². The van der Waals surface area contributed by atoms with E-state index in [0.29, 0.717) is 6.42 Å². The molecule has 1 amide bonds. The number of rotatable bonds is 8. The Morgan fingerprint density at radius 3 is 2.24 bits per heavy atom. The molecule has 0 aliphatic rings. The highest BCUT2D eigenvalue weighted by Crippen LogP contribution is 2.04. The van der Waals surface area contributed by atoms with E-state index in [-0.39, 0.29) is 11.8 Å². The van der Waals surface area contributed by atoms with Crippen LogP contribution in [0.2, 0.25) is 0 Å². The van der Waals surface area contributed by atoms with E-state index in [1.54, 1.807) is 20.9 Å². The molecule has 21 heavy (non-hydrogen) atoms. The molecule has 0 fully saturated rings. The Bertz CT molecular complexity index is 462. The first kappa shape index (κ1) is 17.1. The summed E-state index contributed by atoms with van der Waals surface area (Å²) in [6, 6.07) is 8.26. The summed E-state index contributed by atoms with van der Waals surface area (Å²) in [6.07, 6.45) is 0.470. The summed E-state index contributed by atoms with van der Waals surface area (Å²) in [6.45, 7) is 3.61. The monoisotopic (exact) mass is 293 g/mol. The van der Waals surface area contributed by atoms with Gasteiger partial charge in [-0.05, 0) is 17.9 Å². The maximum absolute atomic E-state index is 11.9. The van der Waals surface area contributed by atoms with Gasteiger partial charge < -0.3 is 10.4 Å². The number of likely N-dealkylation sites (N-methyl/N-ethyl adjacent to an activating group) is 1. The molecule has 0 aromatic heterocycles. The smallest absolute Gasteiger partial charge is 0.322 e. The Morgan fingerprint density at radius 1 is 1.14 bits per heavy atom. The van der Waals surface area contributed by atoms with E-state index in [4.69, 9.17) is 5.11 Å². The van der Waals surface area contributed by atoms with Gasteiger partial charge in [0.25, 0.3) is 0 Å². The molecule has 6 nitrogen and oxygen atoms in total. The first-order valence-corrected chi connectivity index (χ1v) is 6.95. The first-order valence-electron chi connectivity index (χ1n) is 6.95. The maximum atomic E-state index is 11.9. The second kappa shape index (κ2) is 8.39. The van der Waals surface area contributed by atoms with Crippen molar-refractivity contribution in [2.75, 3.05) is 7.05 Å². The maximum Gasteiger partial charge on any atom is 0.322 e. The summed E-state index contributed by atoms with van der Waals surface area (Å²) in [5, 5.41) is 11.7. The second-order valence-corrected chi connectivity index (χ2v) is 5.21. The van der Waals surface area contributed by atoms with Gasteiger partial charge in [-0.15, -0.1) is 0 Å². The van der Waals surface area contributed by atoms with Crippen LogP contribution in [0, 0.1) is 5.92 Å². The first-order chi connectivity index (χ1) is 9.95. The molecule has 0 aliphatic carbocycles. The molecule has 1 aromatic rings. The van der Waals surface area contributed by atoms with Crippen molar-refractivity contribution in [2.45, 2.75) is 32.4 Å². The molecule has 1 aromatic carbocycles. The minimum Gasteiger partial charge on any atom is -0.480 e. The number of carbonyl (C=O) groups is 2. The topological polar surface area (TPSA) is 90.5 Å². The summed E-state index contributed by atoms with van der Waals surface area (Å²) in [5.74, 6) is -1.25. The molecule has 0 saturated heterocycles. The minimum absolute atomic E-state index is 0.0999. The third-order valence-electron chi connectivity index (χ3n) is 3.19. The number of carbonyl (C=O) groups excluding carboxylic acids is 1. The molecule has 1 rings (SSSR count). The van der Waals surface area contributed by atoms with E-state index in [9.17, 15) is 9.59 Å². The average molecular weight is 293 g/mol. The molecule has 0 aliphatic heterocycles. The highest BCUT2D eigenvalue weighted by Gasteiger charge is 2.24. The summed E-state index contributed by atoms with van der Waals surface area (Å²) >= 11 is 0. The standard InChI is InChI=1S/C15H23N3O3/c1-10(2)13(15(20)21)18-17-12(14(19)16-3)9-11-7-5-4-6-8-11/h4-8,10,12-13,17-18H,9H2,1-3H3,(H,16,19)(H,20,21)/t12-,13-/m0/s1. The molecule has 4 N–H and O–H groups in total. The van der Waals surface area contributed by atoms with Gasteiger partial charge in [0, 0.05) is 7.05 Å². The SMILES string of the molecule is CNC(=O)[C@H](Cc1ccccc1)NN[C@H](C(=O)O)C(C)C. The molecular formula is C15H23N3O3. The normalized spacial score (nSPS) is 13.7. The number of amides is 1. The molecule has 6 heteroatoms. The molecule has 2 atom stereocenters. The quantitative estimate of drug-likeness (QED) is 0.525. The number of carboxylic acids is 1. The number of benzene rings is 1. The van der Waals surface area contributed by atoms with Crippen molar-refractivity contribution >= 4 is 11.9 Å². The lowest BCUT2D eigenvalue weighted by Crippen LogP contribution is -2.56. The third kappa shape index (κ3) is 5.53. The number of hydrogen-bond donors (Lipinski definition) is 4. The van der Waals surface area contributed by atoms with E-state index in [2.05, 4.69) is 16.2 Å². The van der Waals surface area contributed by atoms with Crippen LogP contribution in [0.25, 0.3) is 0 Å². The molecule has 0 saturated carbocycles. The van der Waals surface area contributed by atoms with Crippen molar-refractivity contribution in [3.05, 3.63) is 35.9 Å². The van der Waals surface area contributed by atoms with Crippen LogP contribution in [0.15, 0.2) is 30.3 Å². The summed E-state index contributed by atoms with van der Waals surface area (Å²) < 4.78 is 0. The fourth-order valence-electron chi connectivity index (χ4n) is 1.94. The van der Waals surface area contributed by atoms with Crippen molar-refractivity contribution in [3.8, 4) is 0 Å². The van der Waals surface area contributed by atoms with Crippen molar-refractivity contribution in [1.82, 2.24) is 16.2 Å². The zero-order valence-corrected chi connectivity index (χ0v) is 12.6. The van der Waals surface area contributed by atoms with Crippen LogP contribution in [0.3, 0.4) is 0 Å². The molecule has 0 heterocycles. The zero-order valence-electron chi connectivity index (χ0n) is 12.6. The Balaban J connectivity index is 2.70. The minimum atomic E-state index is -0.951. The van der Waals surface area contributed by atoms with Gasteiger partial charge in [-0.2, -0.15) is 0 Å². The number of carboxylic acid groups (broad SMARTS) is 1. The van der Waals surface area contributed by atoms with Gasteiger partial charge in [0.05, 0.1) is 0 Å². The van der Waals surface area contributed by atoms with E-state index >= 15 is 0 Å². The van der Waals surface area contributed by atoms with Gasteiger partial charge in [-0.3, -0.25) is 9.59 Å². The van der Waals surface area contributed by atoms with Gasteiger partial charge in [0.1, 0.15) is 12.1 Å². The fraction of sp³-hybridized carbons (Fsp3) is 0.467. The predicted molar refractivity (Wildman–Crippen MR) is 80.5 cm³/mol. The number of nitrogens with one attached hydrogen (secondary N) is 3. The molecule has 0 bridgehead atoms. The summed E-state index contributed by atoms with van der Waals surface area (Å²) in [4.78, 5) is 23.1. The molecular weight excluding hydrogens is 270 g/mol. The highest BCUT2D eigenvalue weighted by atomic mass is 16.4. The summed E-state index contributed by atoms with van der Waals surface area (Å²) in [5.41, 5.74) is 6.58. The molecule has 0 spiro atoms. The predicted octanol–water partition coefficient (Wildman–Crippen LogP) is 0.547. The van der Waals surface area contributed by atoms with Crippen LogP contribution in [-0.2, 0) is 16.0 Å². The van der Waals surface area contributed by atoms with E-state index < -0.39 is 18.1 Å². The van der Waals surface area contributed by atoms with Gasteiger partial charge in [0.2, 0.25) is 5.91 Å². The van der Waals surface area contributed by atoms with Crippen molar-refractivity contribution < 1.29 is 14.7 Å². The van der Waals surface area contributed by atoms with Crippen LogP contribution >= 0.6 is 0 Å². The lowest BCUT2D eigenvalue weighted by Gasteiger charge is -2.23. The second-order valence-electron chi connectivity index (χ2n) is 5.21. The Kier molecular flexibility index (Phi) is 6.84. The van der Waals surface area contributed by atoms with Gasteiger partial charge in [-0.25, -0.2) is 10.9 Å². The largest absolute Gasteiger partial charge is 0.480 e. The van der Waals surface area contributed by atoms with Gasteiger partial charge >= 0.3 is 5.97 Å². The Hall–Kier alpha value is -1.92. The Labute approximate surface area is 124 Å². The van der Waals surface area contributed by atoms with Crippen LogP contribution in [0.1, 0.15) is 19.4 Å². The lowest BCUT2D eigenvalue weighted by molar-refractivity contribution is -0.141. The number of aliphatic carboxylic acids is 1. The van der Waals surface area contributed by atoms with E-state index in [1.165, 1.54) is 0 Å². The summed E-state index contributed by atoms with van der Waals surface area (Å²) in [7, 11) is 1.55. The molecule has 116 valence electrons. The number of hydrazine groups is 1. The average Bonchev–Trinajstić information content (AvgIpc) is 2.45.